The van der Waals surface area contributed by atoms with Crippen molar-refractivity contribution in [3.63, 3.8) is 0 Å². The Balaban J connectivity index is 2.22. The van der Waals surface area contributed by atoms with Crippen LogP contribution in [0.15, 0.2) is 34.9 Å². The Morgan fingerprint density at radius 1 is 1.31 bits per heavy atom. The van der Waals surface area contributed by atoms with E-state index in [0.717, 1.165) is 0 Å². The van der Waals surface area contributed by atoms with Crippen molar-refractivity contribution in [3.05, 3.63) is 30.5 Å². The lowest BCUT2D eigenvalue weighted by Gasteiger charge is -1.89. The van der Waals surface area contributed by atoms with Gasteiger partial charge in [-0.15, -0.1) is 0 Å². The SMILES string of the molecule is Cn1ccc(-c2nc3c(N)cccc3o2)n1. The van der Waals surface area contributed by atoms with Crippen LogP contribution in [0, 0.1) is 0 Å². The summed E-state index contributed by atoms with van der Waals surface area (Å²) in [5, 5.41) is 4.23. The van der Waals surface area contributed by atoms with E-state index >= 15 is 0 Å². The van der Waals surface area contributed by atoms with Crippen LogP contribution in [0.4, 0.5) is 5.69 Å². The summed E-state index contributed by atoms with van der Waals surface area (Å²) in [6.07, 6.45) is 1.84. The van der Waals surface area contributed by atoms with Gasteiger partial charge in [-0.1, -0.05) is 6.07 Å². The average Bonchev–Trinajstić information content (AvgIpc) is 2.84. The highest BCUT2D eigenvalue weighted by molar-refractivity contribution is 5.86. The highest BCUT2D eigenvalue weighted by Gasteiger charge is 2.11. The number of hydrogen-bond acceptors (Lipinski definition) is 4. The van der Waals surface area contributed by atoms with Gasteiger partial charge in [0.15, 0.2) is 5.58 Å². The number of nitrogens with two attached hydrogens (primary N) is 1. The smallest absolute Gasteiger partial charge is 0.248 e. The summed E-state index contributed by atoms with van der Waals surface area (Å²) in [7, 11) is 1.85. The molecule has 0 bridgehead atoms. The normalized spacial score (nSPS) is 11.1. The van der Waals surface area contributed by atoms with Crippen LogP contribution in [0.25, 0.3) is 22.7 Å². The van der Waals surface area contributed by atoms with Crippen molar-refractivity contribution in [1.82, 2.24) is 14.8 Å². The van der Waals surface area contributed by atoms with E-state index in [9.17, 15) is 0 Å². The van der Waals surface area contributed by atoms with Gasteiger partial charge in [-0.25, -0.2) is 4.98 Å². The van der Waals surface area contributed by atoms with E-state index < -0.39 is 0 Å². The maximum atomic E-state index is 5.80. The molecule has 0 amide bonds. The number of fused-ring (bicyclic) bond motifs is 1. The topological polar surface area (TPSA) is 69.9 Å². The number of nitrogens with zero attached hydrogens (tertiary/aromatic N) is 3. The van der Waals surface area contributed by atoms with Crippen molar-refractivity contribution in [2.45, 2.75) is 0 Å². The molecule has 5 nitrogen and oxygen atoms in total. The Morgan fingerprint density at radius 3 is 2.88 bits per heavy atom. The van der Waals surface area contributed by atoms with Crippen molar-refractivity contribution < 1.29 is 4.42 Å². The van der Waals surface area contributed by atoms with Gasteiger partial charge in [0, 0.05) is 13.2 Å². The lowest BCUT2D eigenvalue weighted by atomic mass is 10.3. The van der Waals surface area contributed by atoms with Crippen molar-refractivity contribution in [2.75, 3.05) is 5.73 Å². The number of hydrogen-bond donors (Lipinski definition) is 1. The van der Waals surface area contributed by atoms with E-state index in [4.69, 9.17) is 10.2 Å². The first-order valence-corrected chi connectivity index (χ1v) is 4.89. The molecule has 3 aromatic rings. The fraction of sp³-hybridized carbons (Fsp3) is 0.0909. The minimum absolute atomic E-state index is 0.494. The lowest BCUT2D eigenvalue weighted by Crippen LogP contribution is -1.88. The molecule has 0 aliphatic heterocycles. The molecule has 2 aromatic heterocycles. The number of rotatable bonds is 1. The molecular weight excluding hydrogens is 204 g/mol. The monoisotopic (exact) mass is 214 g/mol. The molecule has 16 heavy (non-hydrogen) atoms. The predicted molar refractivity (Wildman–Crippen MR) is 60.6 cm³/mol. The molecule has 0 atom stereocenters. The van der Waals surface area contributed by atoms with Crippen LogP contribution in [0.5, 0.6) is 0 Å². The first-order chi connectivity index (χ1) is 7.74. The minimum Gasteiger partial charge on any atom is -0.435 e. The Bertz CT molecular complexity index is 653. The highest BCUT2D eigenvalue weighted by Crippen LogP contribution is 2.25. The largest absolute Gasteiger partial charge is 0.435 e. The van der Waals surface area contributed by atoms with Crippen LogP contribution >= 0.6 is 0 Å². The third-order valence-corrected chi connectivity index (χ3v) is 2.38. The zero-order valence-electron chi connectivity index (χ0n) is 8.71. The molecule has 0 aliphatic carbocycles. The summed E-state index contributed by atoms with van der Waals surface area (Å²) in [4.78, 5) is 4.33. The molecule has 5 heteroatoms. The maximum Gasteiger partial charge on any atom is 0.248 e. The molecule has 0 saturated carbocycles. The van der Waals surface area contributed by atoms with Crippen molar-refractivity contribution in [1.29, 1.82) is 0 Å². The maximum absolute atomic E-state index is 5.80. The number of oxazole rings is 1. The second-order valence-electron chi connectivity index (χ2n) is 3.59. The minimum atomic E-state index is 0.494. The Kier molecular flexibility index (Phi) is 1.73. The summed E-state index contributed by atoms with van der Waals surface area (Å²) in [5.41, 5.74) is 8.49. The van der Waals surface area contributed by atoms with Gasteiger partial charge in [-0.3, -0.25) is 4.68 Å². The van der Waals surface area contributed by atoms with Crippen LogP contribution in [-0.2, 0) is 7.05 Å². The number of aryl methyl sites for hydroxylation is 1. The zero-order valence-corrected chi connectivity index (χ0v) is 8.71. The fourth-order valence-corrected chi connectivity index (χ4v) is 1.61. The number of aromatic nitrogens is 3. The van der Waals surface area contributed by atoms with Gasteiger partial charge in [-0.05, 0) is 18.2 Å². The predicted octanol–water partition coefficient (Wildman–Crippen LogP) is 1.81. The van der Waals surface area contributed by atoms with Gasteiger partial charge in [0.05, 0.1) is 5.69 Å². The zero-order chi connectivity index (χ0) is 11.1. The van der Waals surface area contributed by atoms with Gasteiger partial charge >= 0.3 is 0 Å². The molecule has 1 aromatic carbocycles. The summed E-state index contributed by atoms with van der Waals surface area (Å²) in [6, 6.07) is 7.32. The van der Waals surface area contributed by atoms with Gasteiger partial charge < -0.3 is 10.2 Å². The summed E-state index contributed by atoms with van der Waals surface area (Å²) in [5.74, 6) is 0.494. The quantitative estimate of drug-likeness (QED) is 0.627. The van der Waals surface area contributed by atoms with E-state index in [1.165, 1.54) is 0 Å². The molecule has 2 heterocycles. The van der Waals surface area contributed by atoms with Gasteiger partial charge in [0.25, 0.3) is 0 Å². The number of para-hydroxylation sites is 1. The third kappa shape index (κ3) is 1.25. The molecule has 2 N–H and O–H groups in total. The van der Waals surface area contributed by atoms with Crippen LogP contribution in [0.1, 0.15) is 0 Å². The van der Waals surface area contributed by atoms with Crippen LogP contribution in [0.3, 0.4) is 0 Å². The van der Waals surface area contributed by atoms with Gasteiger partial charge in [0.2, 0.25) is 5.89 Å². The standard InChI is InChI=1S/C11H10N4O/c1-15-6-5-8(14-15)11-13-10-7(12)3-2-4-9(10)16-11/h2-6H,12H2,1H3. The molecule has 0 fully saturated rings. The second kappa shape index (κ2) is 3.10. The summed E-state index contributed by atoms with van der Waals surface area (Å²) < 4.78 is 7.28. The first kappa shape index (κ1) is 8.96. The van der Waals surface area contributed by atoms with Crippen LogP contribution < -0.4 is 5.73 Å². The van der Waals surface area contributed by atoms with E-state index in [2.05, 4.69) is 10.1 Å². The van der Waals surface area contributed by atoms with Crippen LogP contribution in [0.2, 0.25) is 0 Å². The third-order valence-electron chi connectivity index (χ3n) is 2.38. The van der Waals surface area contributed by atoms with Crippen molar-refractivity contribution >= 4 is 16.8 Å². The van der Waals surface area contributed by atoms with E-state index in [0.29, 0.717) is 28.4 Å². The molecule has 80 valence electrons. The number of anilines is 1. The molecule has 3 rings (SSSR count). The van der Waals surface area contributed by atoms with Crippen molar-refractivity contribution in [3.8, 4) is 11.6 Å². The van der Waals surface area contributed by atoms with Crippen LogP contribution in [-0.4, -0.2) is 14.8 Å². The molecular formula is C11H10N4O. The molecule has 0 spiro atoms. The number of benzene rings is 1. The van der Waals surface area contributed by atoms with E-state index in [-0.39, 0.29) is 0 Å². The van der Waals surface area contributed by atoms with Crippen molar-refractivity contribution in [2.24, 2.45) is 7.05 Å². The molecule has 0 saturated heterocycles. The Hall–Kier alpha value is -2.30. The summed E-state index contributed by atoms with van der Waals surface area (Å²) >= 11 is 0. The number of nitrogen functional groups attached to an aromatic ring is 1. The first-order valence-electron chi connectivity index (χ1n) is 4.89. The fourth-order valence-electron chi connectivity index (χ4n) is 1.61. The summed E-state index contributed by atoms with van der Waals surface area (Å²) in [6.45, 7) is 0. The second-order valence-corrected chi connectivity index (χ2v) is 3.59. The van der Waals surface area contributed by atoms with E-state index in [1.54, 1.807) is 10.7 Å². The Morgan fingerprint density at radius 2 is 2.19 bits per heavy atom. The Labute approximate surface area is 91.5 Å². The average molecular weight is 214 g/mol. The van der Waals surface area contributed by atoms with Gasteiger partial charge in [0.1, 0.15) is 11.2 Å². The molecule has 0 unspecified atom stereocenters. The highest BCUT2D eigenvalue weighted by atomic mass is 16.3. The molecule has 0 radical (unpaired) electrons. The van der Waals surface area contributed by atoms with Gasteiger partial charge in [-0.2, -0.15) is 5.10 Å². The molecule has 0 aliphatic rings. The van der Waals surface area contributed by atoms with E-state index in [1.807, 2.05) is 31.4 Å². The lowest BCUT2D eigenvalue weighted by molar-refractivity contribution is 0.613.